The van der Waals surface area contributed by atoms with E-state index >= 15 is 0 Å². The summed E-state index contributed by atoms with van der Waals surface area (Å²) in [6, 6.07) is 8.26. The van der Waals surface area contributed by atoms with E-state index in [-0.39, 0.29) is 0 Å². The van der Waals surface area contributed by atoms with Crippen LogP contribution in [0.3, 0.4) is 0 Å². The monoisotopic (exact) mass is 325 g/mol. The highest BCUT2D eigenvalue weighted by Crippen LogP contribution is 2.27. The van der Waals surface area contributed by atoms with Crippen molar-refractivity contribution in [3.63, 3.8) is 0 Å². The summed E-state index contributed by atoms with van der Waals surface area (Å²) in [7, 11) is 2.02. The maximum absolute atomic E-state index is 4.30. The number of hydrogen-bond acceptors (Lipinski definition) is 3. The molecule has 0 aliphatic rings. The third kappa shape index (κ3) is 2.16. The number of aromatic nitrogens is 2. The third-order valence-corrected chi connectivity index (χ3v) is 3.20. The molecule has 2 aromatic rings. The van der Waals surface area contributed by atoms with Gasteiger partial charge in [-0.1, -0.05) is 18.2 Å². The Balaban J connectivity index is 2.44. The summed E-state index contributed by atoms with van der Waals surface area (Å²) in [4.78, 5) is 10.4. The molecule has 0 saturated carbocycles. The van der Waals surface area contributed by atoms with Gasteiger partial charge in [-0.15, -0.1) is 0 Å². The number of benzene rings is 1. The van der Waals surface area contributed by atoms with Gasteiger partial charge < -0.3 is 4.90 Å². The summed E-state index contributed by atoms with van der Waals surface area (Å²) in [5, 5.41) is 0. The Bertz CT molecular complexity index is 454. The molecule has 0 N–H and O–H groups in total. The highest BCUT2D eigenvalue weighted by molar-refractivity contribution is 14.1. The quantitative estimate of drug-likeness (QED) is 0.794. The van der Waals surface area contributed by atoms with Gasteiger partial charge in [0.25, 0.3) is 0 Å². The van der Waals surface area contributed by atoms with Crippen LogP contribution >= 0.6 is 22.6 Å². The zero-order chi connectivity index (χ0) is 11.5. The van der Waals surface area contributed by atoms with E-state index < -0.39 is 0 Å². The van der Waals surface area contributed by atoms with Gasteiger partial charge in [-0.25, -0.2) is 9.97 Å². The average molecular weight is 325 g/mol. The van der Waals surface area contributed by atoms with Gasteiger partial charge in [0.15, 0.2) is 0 Å². The number of halogens is 1. The molecule has 0 fully saturated rings. The lowest BCUT2D eigenvalue weighted by Crippen LogP contribution is -2.14. The number of hydrogen-bond donors (Lipinski definition) is 0. The summed E-state index contributed by atoms with van der Waals surface area (Å²) >= 11 is 2.25. The molecule has 82 valence electrons. The molecule has 0 saturated heterocycles. The molecule has 3 nitrogen and oxygen atoms in total. The van der Waals surface area contributed by atoms with Crippen LogP contribution in [0.2, 0.25) is 0 Å². The number of nitrogens with zero attached hydrogens (tertiary/aromatic N) is 3. The van der Waals surface area contributed by atoms with Crippen molar-refractivity contribution in [1.29, 1.82) is 0 Å². The Kier molecular flexibility index (Phi) is 3.38. The Labute approximate surface area is 109 Å². The van der Waals surface area contributed by atoms with Crippen molar-refractivity contribution in [3.8, 4) is 0 Å². The van der Waals surface area contributed by atoms with Crippen LogP contribution < -0.4 is 4.90 Å². The van der Waals surface area contributed by atoms with Crippen molar-refractivity contribution < 1.29 is 0 Å². The van der Waals surface area contributed by atoms with Crippen molar-refractivity contribution in [2.75, 3.05) is 11.9 Å². The molecule has 2 rings (SSSR count). The summed E-state index contributed by atoms with van der Waals surface area (Å²) in [6.45, 7) is 2.10. The number of anilines is 2. The smallest absolute Gasteiger partial charge is 0.149 e. The molecule has 0 aliphatic heterocycles. The molecule has 1 aromatic carbocycles. The van der Waals surface area contributed by atoms with Crippen molar-refractivity contribution >= 4 is 34.1 Å². The Morgan fingerprint density at radius 2 is 2.00 bits per heavy atom. The van der Waals surface area contributed by atoms with Gasteiger partial charge in [0.05, 0.1) is 3.57 Å². The summed E-state index contributed by atoms with van der Waals surface area (Å²) in [5.74, 6) is 0.935. The lowest BCUT2D eigenvalue weighted by molar-refractivity contribution is 1.06. The summed E-state index contributed by atoms with van der Waals surface area (Å²) in [6.07, 6.45) is 3.39. The van der Waals surface area contributed by atoms with E-state index in [1.54, 1.807) is 6.33 Å². The molecular formula is C12H12IN3. The molecule has 16 heavy (non-hydrogen) atoms. The molecule has 4 heteroatoms. The molecule has 0 aliphatic carbocycles. The third-order valence-electron chi connectivity index (χ3n) is 2.44. The van der Waals surface area contributed by atoms with E-state index in [2.05, 4.69) is 56.5 Å². The fourth-order valence-electron chi connectivity index (χ4n) is 1.61. The van der Waals surface area contributed by atoms with E-state index in [0.29, 0.717) is 0 Å². The summed E-state index contributed by atoms with van der Waals surface area (Å²) in [5.41, 5.74) is 2.40. The van der Waals surface area contributed by atoms with Crippen LogP contribution in [0, 0.1) is 10.5 Å². The van der Waals surface area contributed by atoms with Crippen LogP contribution in [0.1, 0.15) is 5.56 Å². The highest BCUT2D eigenvalue weighted by Gasteiger charge is 2.10. The van der Waals surface area contributed by atoms with Crippen LogP contribution in [0.25, 0.3) is 0 Å². The Morgan fingerprint density at radius 3 is 2.69 bits per heavy atom. The van der Waals surface area contributed by atoms with Gasteiger partial charge in [0, 0.05) is 18.9 Å². The molecule has 0 radical (unpaired) electrons. The fourth-order valence-corrected chi connectivity index (χ4v) is 2.27. The largest absolute Gasteiger partial charge is 0.328 e. The first-order valence-corrected chi connectivity index (χ1v) is 6.03. The van der Waals surface area contributed by atoms with Gasteiger partial charge >= 0.3 is 0 Å². The first-order chi connectivity index (χ1) is 7.70. The summed E-state index contributed by atoms with van der Waals surface area (Å²) < 4.78 is 1.05. The molecule has 0 bridgehead atoms. The van der Waals surface area contributed by atoms with Gasteiger partial charge in [-0.2, -0.15) is 0 Å². The van der Waals surface area contributed by atoms with Gasteiger partial charge in [0.2, 0.25) is 0 Å². The van der Waals surface area contributed by atoms with Crippen LogP contribution in [0.15, 0.2) is 36.8 Å². The second-order valence-electron chi connectivity index (χ2n) is 3.54. The number of aryl methyl sites for hydroxylation is 1. The van der Waals surface area contributed by atoms with Crippen molar-refractivity contribution in [1.82, 2.24) is 9.97 Å². The highest BCUT2D eigenvalue weighted by atomic mass is 127. The van der Waals surface area contributed by atoms with Crippen molar-refractivity contribution in [3.05, 3.63) is 45.9 Å². The van der Waals surface area contributed by atoms with Crippen LogP contribution in [0.4, 0.5) is 11.5 Å². The van der Waals surface area contributed by atoms with E-state index in [4.69, 9.17) is 0 Å². The lowest BCUT2D eigenvalue weighted by atomic mass is 10.2. The van der Waals surface area contributed by atoms with Crippen molar-refractivity contribution in [2.24, 2.45) is 0 Å². The van der Waals surface area contributed by atoms with E-state index in [1.165, 1.54) is 11.3 Å². The lowest BCUT2D eigenvalue weighted by Gasteiger charge is -2.21. The maximum Gasteiger partial charge on any atom is 0.149 e. The first kappa shape index (κ1) is 11.3. The predicted octanol–water partition coefficient (Wildman–Crippen LogP) is 3.16. The van der Waals surface area contributed by atoms with Gasteiger partial charge in [0.1, 0.15) is 12.1 Å². The topological polar surface area (TPSA) is 29.0 Å². The molecular weight excluding hydrogens is 313 g/mol. The van der Waals surface area contributed by atoms with Gasteiger partial charge in [-0.05, 0) is 41.1 Å². The maximum atomic E-state index is 4.30. The second kappa shape index (κ2) is 4.78. The second-order valence-corrected chi connectivity index (χ2v) is 4.70. The molecule has 0 spiro atoms. The zero-order valence-electron chi connectivity index (χ0n) is 9.18. The van der Waals surface area contributed by atoms with E-state index in [9.17, 15) is 0 Å². The molecule has 1 heterocycles. The zero-order valence-corrected chi connectivity index (χ0v) is 11.3. The number of rotatable bonds is 2. The van der Waals surface area contributed by atoms with Crippen molar-refractivity contribution in [2.45, 2.75) is 6.92 Å². The van der Waals surface area contributed by atoms with E-state index in [0.717, 1.165) is 9.39 Å². The minimum absolute atomic E-state index is 0.935. The fraction of sp³-hybridized carbons (Fsp3) is 0.167. The molecule has 1 aromatic heterocycles. The normalized spacial score (nSPS) is 10.2. The van der Waals surface area contributed by atoms with Gasteiger partial charge in [-0.3, -0.25) is 0 Å². The van der Waals surface area contributed by atoms with Crippen LogP contribution in [-0.4, -0.2) is 17.0 Å². The first-order valence-electron chi connectivity index (χ1n) is 4.95. The molecule has 0 amide bonds. The van der Waals surface area contributed by atoms with E-state index in [1.807, 2.05) is 25.4 Å². The predicted molar refractivity (Wildman–Crippen MR) is 74.0 cm³/mol. The average Bonchev–Trinajstić information content (AvgIpc) is 2.29. The standard InChI is InChI=1S/C12H12IN3/c1-9-5-3-4-6-11(9)16(2)12-10(13)7-14-8-15-12/h3-8H,1-2H3. The molecule has 0 unspecified atom stereocenters. The number of para-hydroxylation sites is 1. The van der Waals surface area contributed by atoms with Crippen LogP contribution in [-0.2, 0) is 0 Å². The van der Waals surface area contributed by atoms with Crippen LogP contribution in [0.5, 0.6) is 0 Å². The molecule has 0 atom stereocenters. The Morgan fingerprint density at radius 1 is 1.25 bits per heavy atom. The minimum Gasteiger partial charge on any atom is -0.328 e. The SMILES string of the molecule is Cc1ccccc1N(C)c1ncncc1I. The Hall–Kier alpha value is -1.17. The minimum atomic E-state index is 0.935.